The summed E-state index contributed by atoms with van der Waals surface area (Å²) >= 11 is 6.44. The third kappa shape index (κ3) is 6.36. The maximum Gasteiger partial charge on any atom is 0.344 e. The molecule has 0 spiro atoms. The number of rotatable bonds is 9. The number of nitrogens with zero attached hydrogens (tertiary/aromatic N) is 2. The lowest BCUT2D eigenvalue weighted by Crippen LogP contribution is -2.40. The first kappa shape index (κ1) is 28.2. The number of carbonyl (C=O) groups is 1. The molecule has 0 amide bonds. The molecule has 0 radical (unpaired) electrons. The summed E-state index contributed by atoms with van der Waals surface area (Å²) in [5.41, 5.74) is 3.04. The summed E-state index contributed by atoms with van der Waals surface area (Å²) in [5.74, 6) is -0.250. The van der Waals surface area contributed by atoms with Gasteiger partial charge in [-0.3, -0.25) is 0 Å². The molecule has 0 aliphatic heterocycles. The van der Waals surface area contributed by atoms with E-state index in [1.165, 1.54) is 7.11 Å². The molecule has 1 aliphatic rings. The van der Waals surface area contributed by atoms with Crippen LogP contribution in [0.5, 0.6) is 11.5 Å². The number of hydrogen-bond donors (Lipinski definition) is 3. The molecule has 35 heavy (non-hydrogen) atoms. The quantitative estimate of drug-likeness (QED) is 0.170. The molecule has 3 N–H and O–H groups in total. The van der Waals surface area contributed by atoms with Crippen LogP contribution < -0.4 is 4.74 Å². The largest absolute Gasteiger partial charge is 0.507 e. The van der Waals surface area contributed by atoms with Crippen molar-refractivity contribution in [2.45, 2.75) is 53.9 Å². The van der Waals surface area contributed by atoms with E-state index in [2.05, 4.69) is 37.2 Å². The third-order valence-electron chi connectivity index (χ3n) is 7.17. The second-order valence-electron chi connectivity index (χ2n) is 9.22. The number of aromatic hydroxyl groups is 1. The van der Waals surface area contributed by atoms with Crippen LogP contribution in [0.15, 0.2) is 34.1 Å². The van der Waals surface area contributed by atoms with E-state index in [1.807, 2.05) is 19.1 Å². The first-order valence-electron chi connectivity index (χ1n) is 11.5. The predicted octanol–water partition coefficient (Wildman–Crippen LogP) is 5.75. The molecule has 0 saturated heterocycles. The van der Waals surface area contributed by atoms with Gasteiger partial charge in [-0.1, -0.05) is 66.5 Å². The van der Waals surface area contributed by atoms with Crippen LogP contribution >= 0.6 is 11.6 Å². The summed E-state index contributed by atoms with van der Waals surface area (Å²) in [6, 6.07) is 0. The van der Waals surface area contributed by atoms with Gasteiger partial charge in [0.25, 0.3) is 0 Å². The highest BCUT2D eigenvalue weighted by Crippen LogP contribution is 2.45. The second kappa shape index (κ2) is 12.1. The number of phenols is 1. The normalized spacial score (nSPS) is 24.4. The highest BCUT2D eigenvalue weighted by Gasteiger charge is 2.41. The smallest absolute Gasteiger partial charge is 0.344 e. The fourth-order valence-corrected chi connectivity index (χ4v) is 4.70. The topological polar surface area (TPSA) is 121 Å². The molecule has 1 aliphatic carbocycles. The molecule has 1 aromatic carbocycles. The van der Waals surface area contributed by atoms with Gasteiger partial charge in [-0.15, -0.1) is 0 Å². The summed E-state index contributed by atoms with van der Waals surface area (Å²) in [6.45, 7) is 9.70. The Bertz CT molecular complexity index is 1060. The van der Waals surface area contributed by atoms with Gasteiger partial charge in [-0.2, -0.15) is 0 Å². The van der Waals surface area contributed by atoms with Gasteiger partial charge >= 0.3 is 5.97 Å². The van der Waals surface area contributed by atoms with Gasteiger partial charge in [-0.05, 0) is 50.0 Å². The average molecular weight is 507 g/mol. The molecular formula is C26H35ClN2O6. The van der Waals surface area contributed by atoms with E-state index in [9.17, 15) is 9.90 Å². The van der Waals surface area contributed by atoms with Gasteiger partial charge < -0.3 is 25.0 Å². The molecular weight excluding hydrogens is 472 g/mol. The number of aliphatic carboxylic acids is 1. The Hall–Kier alpha value is -3.00. The fraction of sp³-hybridized carbons (Fsp3) is 0.500. The maximum absolute atomic E-state index is 10.8. The molecule has 0 unspecified atom stereocenters. The molecule has 1 fully saturated rings. The van der Waals surface area contributed by atoms with Crippen molar-refractivity contribution in [3.05, 3.63) is 45.5 Å². The van der Waals surface area contributed by atoms with Crippen LogP contribution in [0, 0.1) is 24.2 Å². The number of oxime groups is 2. The number of allylic oxidation sites excluding steroid dienone is 4. The Morgan fingerprint density at radius 3 is 2.63 bits per heavy atom. The Kier molecular flexibility index (Phi) is 9.77. The number of phenolic OH excluding ortho intramolecular Hbond substituents is 1. The van der Waals surface area contributed by atoms with Crippen molar-refractivity contribution in [1.82, 2.24) is 0 Å². The molecule has 1 saturated carbocycles. The average Bonchev–Trinajstić information content (AvgIpc) is 2.82. The Morgan fingerprint density at radius 1 is 1.34 bits per heavy atom. The van der Waals surface area contributed by atoms with E-state index in [0.29, 0.717) is 39.8 Å². The van der Waals surface area contributed by atoms with Crippen LogP contribution in [-0.2, 0) is 16.1 Å². The number of halogens is 1. The van der Waals surface area contributed by atoms with Gasteiger partial charge in [0, 0.05) is 17.0 Å². The lowest BCUT2D eigenvalue weighted by atomic mass is 9.61. The van der Waals surface area contributed by atoms with E-state index in [-0.39, 0.29) is 17.1 Å². The van der Waals surface area contributed by atoms with Gasteiger partial charge in [0.1, 0.15) is 11.5 Å². The Morgan fingerprint density at radius 2 is 2.03 bits per heavy atom. The highest BCUT2D eigenvalue weighted by atomic mass is 35.5. The third-order valence-corrected chi connectivity index (χ3v) is 7.63. The number of carboxylic acid groups (broad SMARTS) is 1. The number of carboxylic acids is 1. The monoisotopic (exact) mass is 506 g/mol. The zero-order chi connectivity index (χ0) is 26.3. The second-order valence-corrected chi connectivity index (χ2v) is 9.60. The lowest BCUT2D eigenvalue weighted by Gasteiger charge is -2.43. The first-order valence-corrected chi connectivity index (χ1v) is 11.9. The van der Waals surface area contributed by atoms with E-state index < -0.39 is 12.6 Å². The Balaban J connectivity index is 2.30. The summed E-state index contributed by atoms with van der Waals surface area (Å²) in [7, 11) is 1.49. The molecule has 3 atom stereocenters. The van der Waals surface area contributed by atoms with Crippen molar-refractivity contribution in [3.8, 4) is 11.5 Å². The van der Waals surface area contributed by atoms with Gasteiger partial charge in [0.15, 0.2) is 0 Å². The minimum atomic E-state index is -1.05. The van der Waals surface area contributed by atoms with E-state index in [4.69, 9.17) is 31.5 Å². The summed E-state index contributed by atoms with van der Waals surface area (Å²) in [6.07, 6.45) is 9.38. The standard InChI is InChI=1S/C26H35ClN2O6/c1-15(7-9-19-24(32)20(13-28-33)17(3)23(27)25(19)34-6)11-12-26(5)16(2)8-10-21(18(26)4)29-35-14-22(30)31/h7,11-13,16,18,32-33H,8-10,14H2,1-6H3,(H,30,31)/b12-11+,15-7+,28-13+,29-21+/t16-,18+,26+/m1/s1. The van der Waals surface area contributed by atoms with Gasteiger partial charge in [0.2, 0.25) is 6.61 Å². The van der Waals surface area contributed by atoms with Crippen LogP contribution in [0.4, 0.5) is 0 Å². The summed E-state index contributed by atoms with van der Waals surface area (Å²) in [4.78, 5) is 15.7. The predicted molar refractivity (Wildman–Crippen MR) is 137 cm³/mol. The van der Waals surface area contributed by atoms with E-state index >= 15 is 0 Å². The molecule has 0 heterocycles. The lowest BCUT2D eigenvalue weighted by molar-refractivity contribution is -0.142. The number of ether oxygens (including phenoxy) is 1. The maximum atomic E-state index is 10.8. The number of methoxy groups -OCH3 is 1. The molecule has 9 heteroatoms. The van der Waals surface area contributed by atoms with Crippen molar-refractivity contribution in [1.29, 1.82) is 0 Å². The highest BCUT2D eigenvalue weighted by molar-refractivity contribution is 6.33. The van der Waals surface area contributed by atoms with Crippen LogP contribution in [-0.4, -0.2) is 47.0 Å². The summed E-state index contributed by atoms with van der Waals surface area (Å²) < 4.78 is 5.45. The number of benzene rings is 1. The van der Waals surface area contributed by atoms with Gasteiger partial charge in [0.05, 0.1) is 24.1 Å². The van der Waals surface area contributed by atoms with Crippen LogP contribution in [0.1, 0.15) is 57.2 Å². The van der Waals surface area contributed by atoms with Crippen LogP contribution in [0.3, 0.4) is 0 Å². The van der Waals surface area contributed by atoms with Crippen molar-refractivity contribution < 1.29 is 29.8 Å². The minimum Gasteiger partial charge on any atom is -0.507 e. The van der Waals surface area contributed by atoms with Crippen molar-refractivity contribution in [2.24, 2.45) is 27.6 Å². The van der Waals surface area contributed by atoms with Crippen LogP contribution in [0.2, 0.25) is 5.02 Å². The molecule has 8 nitrogen and oxygen atoms in total. The Labute approximate surface area is 211 Å². The molecule has 0 bridgehead atoms. The molecule has 192 valence electrons. The van der Waals surface area contributed by atoms with Crippen molar-refractivity contribution in [2.75, 3.05) is 13.7 Å². The number of hydrogen-bond acceptors (Lipinski definition) is 7. The zero-order valence-electron chi connectivity index (χ0n) is 21.1. The SMILES string of the molecule is COc1c(Cl)c(C)c(/C=N/O)c(O)c1C/C=C(C)/C=C/[C@@]1(C)[C@H](C)CC/C(=N\OCC(=O)O)[C@@H]1C. The van der Waals surface area contributed by atoms with Crippen molar-refractivity contribution in [3.63, 3.8) is 0 Å². The molecule has 2 rings (SSSR count). The molecule has 1 aromatic rings. The van der Waals surface area contributed by atoms with E-state index in [0.717, 1.165) is 30.3 Å². The zero-order valence-corrected chi connectivity index (χ0v) is 21.9. The van der Waals surface area contributed by atoms with Gasteiger partial charge in [-0.25, -0.2) is 4.79 Å². The molecule has 0 aromatic heterocycles. The van der Waals surface area contributed by atoms with Crippen LogP contribution in [0.25, 0.3) is 0 Å². The summed E-state index contributed by atoms with van der Waals surface area (Å²) in [5, 5.41) is 36.0. The fourth-order valence-electron chi connectivity index (χ4n) is 4.41. The minimum absolute atomic E-state index is 0.0433. The van der Waals surface area contributed by atoms with E-state index in [1.54, 1.807) is 6.92 Å². The van der Waals surface area contributed by atoms with Crippen molar-refractivity contribution >= 4 is 29.5 Å². The first-order chi connectivity index (χ1) is 16.5.